The van der Waals surface area contributed by atoms with Gasteiger partial charge in [-0.2, -0.15) is 0 Å². The number of nitrogens with one attached hydrogen (secondary N) is 2. The highest BCUT2D eigenvalue weighted by atomic mass is 16.7. The monoisotopic (exact) mass is 532 g/mol. The number of nitrogens with zero attached hydrogens (tertiary/aromatic N) is 2. The molecule has 0 saturated heterocycles. The number of ether oxygens (including phenoxy) is 2. The van der Waals surface area contributed by atoms with E-state index >= 15 is 0 Å². The van der Waals surface area contributed by atoms with E-state index in [4.69, 9.17) is 4.74 Å². The van der Waals surface area contributed by atoms with Gasteiger partial charge in [0.2, 0.25) is 5.91 Å². The molecule has 4 amide bonds. The molecule has 0 saturated carbocycles. The normalized spacial score (nSPS) is 12.0. The second-order valence-corrected chi connectivity index (χ2v) is 8.08. The summed E-state index contributed by atoms with van der Waals surface area (Å²) in [6, 6.07) is 15.2. The summed E-state index contributed by atoms with van der Waals surface area (Å²) in [5, 5.41) is 16.2. The van der Waals surface area contributed by atoms with Crippen molar-refractivity contribution in [2.45, 2.75) is 6.92 Å². The van der Waals surface area contributed by atoms with E-state index in [-0.39, 0.29) is 40.4 Å². The Balaban J connectivity index is 1.36. The molecule has 0 aromatic heterocycles. The van der Waals surface area contributed by atoms with Crippen molar-refractivity contribution in [3.05, 3.63) is 93.5 Å². The van der Waals surface area contributed by atoms with Crippen molar-refractivity contribution in [3.63, 3.8) is 0 Å². The van der Waals surface area contributed by atoms with E-state index in [0.717, 1.165) is 12.1 Å². The fourth-order valence-electron chi connectivity index (χ4n) is 3.68. The first-order valence-corrected chi connectivity index (χ1v) is 11.5. The zero-order chi connectivity index (χ0) is 28.1. The Morgan fingerprint density at radius 2 is 1.56 bits per heavy atom. The van der Waals surface area contributed by atoms with E-state index in [1.54, 1.807) is 25.1 Å². The predicted octanol–water partition coefficient (Wildman–Crippen LogP) is 3.62. The molecule has 1 heterocycles. The summed E-state index contributed by atoms with van der Waals surface area (Å²) in [6.45, 7) is 1.19. The first-order valence-electron chi connectivity index (χ1n) is 11.5. The summed E-state index contributed by atoms with van der Waals surface area (Å²) in [6.07, 6.45) is -0.861. The van der Waals surface area contributed by atoms with Crippen LogP contribution in [0.3, 0.4) is 0 Å². The third-order valence-electron chi connectivity index (χ3n) is 5.45. The number of hydrogen-bond donors (Lipinski definition) is 2. The Labute approximate surface area is 220 Å². The molecule has 3 aromatic carbocycles. The van der Waals surface area contributed by atoms with Gasteiger partial charge in [-0.25, -0.2) is 4.79 Å². The highest BCUT2D eigenvalue weighted by Crippen LogP contribution is 2.27. The van der Waals surface area contributed by atoms with Crippen molar-refractivity contribution < 1.29 is 38.4 Å². The summed E-state index contributed by atoms with van der Waals surface area (Å²) in [5.74, 6) is -2.51. The number of nitro benzene ring substituents is 1. The van der Waals surface area contributed by atoms with Crippen molar-refractivity contribution in [3.8, 4) is 5.75 Å². The Bertz CT molecular complexity index is 1500. The van der Waals surface area contributed by atoms with E-state index in [0.29, 0.717) is 10.6 Å². The van der Waals surface area contributed by atoms with E-state index in [1.807, 2.05) is 0 Å². The lowest BCUT2D eigenvalue weighted by atomic mass is 10.1. The molecule has 39 heavy (non-hydrogen) atoms. The molecule has 4 rings (SSSR count). The number of nitro groups is 1. The van der Waals surface area contributed by atoms with E-state index in [2.05, 4.69) is 15.4 Å². The second-order valence-electron chi connectivity index (χ2n) is 8.08. The number of carbonyl (C=O) groups is 5. The minimum atomic E-state index is -0.861. The third-order valence-corrected chi connectivity index (χ3v) is 5.45. The highest BCUT2D eigenvalue weighted by molar-refractivity contribution is 6.23. The van der Waals surface area contributed by atoms with Crippen LogP contribution in [0.15, 0.2) is 66.7 Å². The molecule has 1 aliphatic heterocycles. The van der Waals surface area contributed by atoms with Crippen molar-refractivity contribution in [2.24, 2.45) is 0 Å². The Hall–Kier alpha value is -5.59. The minimum absolute atomic E-state index is 0.0244. The quantitative estimate of drug-likeness (QED) is 0.144. The van der Waals surface area contributed by atoms with E-state index in [9.17, 15) is 34.1 Å². The maximum absolute atomic E-state index is 12.6. The molecule has 0 bridgehead atoms. The number of non-ortho nitro benzene ring substituents is 1. The number of anilines is 2. The summed E-state index contributed by atoms with van der Waals surface area (Å²) in [5.41, 5.74) is 0.379. The number of carbonyl (C=O) groups excluding carboxylic acids is 5. The molecule has 0 spiro atoms. The molecule has 198 valence electrons. The molecular weight excluding hydrogens is 512 g/mol. The van der Waals surface area contributed by atoms with Crippen LogP contribution >= 0.6 is 0 Å². The fraction of sp³-hybridized carbons (Fsp3) is 0.115. The average Bonchev–Trinajstić information content (AvgIpc) is 3.13. The molecule has 0 radical (unpaired) electrons. The van der Waals surface area contributed by atoms with E-state index in [1.165, 1.54) is 36.4 Å². The molecule has 0 fully saturated rings. The second kappa shape index (κ2) is 11.2. The standard InChI is InChI=1S/C26H20N4O9/c1-2-38-26(35)39-19-9-6-15(7-10-19)23(32)28-17-5-3-4-16(12-17)27-22(31)14-29-24(33)20-11-8-18(30(36)37)13-21(20)25(29)34/h3-13H,2,14H2,1H3,(H,27,31)(H,28,32). The zero-order valence-electron chi connectivity index (χ0n) is 20.3. The van der Waals surface area contributed by atoms with Crippen LogP contribution in [-0.2, 0) is 9.53 Å². The maximum Gasteiger partial charge on any atom is 0.513 e. The summed E-state index contributed by atoms with van der Waals surface area (Å²) >= 11 is 0. The lowest BCUT2D eigenvalue weighted by Crippen LogP contribution is -2.37. The SMILES string of the molecule is CCOC(=O)Oc1ccc(C(=O)Nc2cccc(NC(=O)CN3C(=O)c4ccc([N+](=O)[O-])cc4C3=O)c2)cc1. The van der Waals surface area contributed by atoms with Crippen LogP contribution in [0, 0.1) is 10.1 Å². The van der Waals surface area contributed by atoms with Gasteiger partial charge in [0.1, 0.15) is 12.3 Å². The molecule has 0 aliphatic carbocycles. The van der Waals surface area contributed by atoms with Crippen LogP contribution in [0.1, 0.15) is 38.0 Å². The van der Waals surface area contributed by atoms with Crippen LogP contribution in [0.5, 0.6) is 5.75 Å². The lowest BCUT2D eigenvalue weighted by molar-refractivity contribution is -0.384. The lowest BCUT2D eigenvalue weighted by Gasteiger charge is -2.14. The van der Waals surface area contributed by atoms with Crippen molar-refractivity contribution >= 4 is 46.8 Å². The maximum atomic E-state index is 12.6. The fourth-order valence-corrected chi connectivity index (χ4v) is 3.68. The smallest absolute Gasteiger partial charge is 0.434 e. The van der Waals surface area contributed by atoms with Crippen molar-refractivity contribution in [1.82, 2.24) is 4.90 Å². The van der Waals surface area contributed by atoms with Gasteiger partial charge >= 0.3 is 6.16 Å². The first-order chi connectivity index (χ1) is 18.7. The van der Waals surface area contributed by atoms with Gasteiger partial charge in [0, 0.05) is 29.1 Å². The molecule has 3 aromatic rings. The highest BCUT2D eigenvalue weighted by Gasteiger charge is 2.37. The molecule has 0 unspecified atom stereocenters. The van der Waals surface area contributed by atoms with Crippen molar-refractivity contribution in [1.29, 1.82) is 0 Å². The first kappa shape index (κ1) is 26.5. The van der Waals surface area contributed by atoms with E-state index < -0.39 is 41.3 Å². The number of benzene rings is 3. The van der Waals surface area contributed by atoms with Crippen LogP contribution in [0.2, 0.25) is 0 Å². The van der Waals surface area contributed by atoms with Gasteiger partial charge in [0.25, 0.3) is 23.4 Å². The Kier molecular flexibility index (Phi) is 7.61. The van der Waals surface area contributed by atoms with Gasteiger partial charge in [0.05, 0.1) is 22.7 Å². The molecular formula is C26H20N4O9. The topological polar surface area (TPSA) is 174 Å². The number of imide groups is 1. The van der Waals surface area contributed by atoms with Crippen LogP contribution in [-0.4, -0.2) is 52.8 Å². The van der Waals surface area contributed by atoms with Crippen LogP contribution in [0.4, 0.5) is 21.9 Å². The molecule has 13 nitrogen and oxygen atoms in total. The number of rotatable bonds is 8. The Morgan fingerprint density at radius 3 is 2.23 bits per heavy atom. The van der Waals surface area contributed by atoms with Crippen LogP contribution < -0.4 is 15.4 Å². The number of fused-ring (bicyclic) bond motifs is 1. The Morgan fingerprint density at radius 1 is 0.897 bits per heavy atom. The largest absolute Gasteiger partial charge is 0.513 e. The van der Waals surface area contributed by atoms with Gasteiger partial charge < -0.3 is 20.1 Å². The summed E-state index contributed by atoms with van der Waals surface area (Å²) < 4.78 is 9.64. The average molecular weight is 532 g/mol. The minimum Gasteiger partial charge on any atom is -0.434 e. The van der Waals surface area contributed by atoms with Gasteiger partial charge in [-0.15, -0.1) is 0 Å². The molecule has 0 atom stereocenters. The summed E-state index contributed by atoms with van der Waals surface area (Å²) in [4.78, 5) is 72.7. The van der Waals surface area contributed by atoms with Gasteiger partial charge in [-0.1, -0.05) is 6.07 Å². The predicted molar refractivity (Wildman–Crippen MR) is 136 cm³/mol. The molecule has 13 heteroatoms. The van der Waals surface area contributed by atoms with Gasteiger partial charge in [0.15, 0.2) is 0 Å². The number of hydrogen-bond acceptors (Lipinski definition) is 9. The summed E-state index contributed by atoms with van der Waals surface area (Å²) in [7, 11) is 0. The molecule has 1 aliphatic rings. The molecule has 2 N–H and O–H groups in total. The van der Waals surface area contributed by atoms with Crippen LogP contribution in [0.25, 0.3) is 0 Å². The van der Waals surface area contributed by atoms with Gasteiger partial charge in [-0.3, -0.25) is 34.2 Å². The van der Waals surface area contributed by atoms with Crippen molar-refractivity contribution in [2.75, 3.05) is 23.8 Å². The number of amides is 4. The van der Waals surface area contributed by atoms with Gasteiger partial charge in [-0.05, 0) is 55.5 Å². The third kappa shape index (κ3) is 6.05. The zero-order valence-corrected chi connectivity index (χ0v) is 20.3.